The van der Waals surface area contributed by atoms with Crippen molar-refractivity contribution in [2.75, 3.05) is 0 Å². The van der Waals surface area contributed by atoms with Gasteiger partial charge in [0.15, 0.2) is 0 Å². The van der Waals surface area contributed by atoms with Gasteiger partial charge in [0.25, 0.3) is 5.92 Å². The Kier molecular flexibility index (Phi) is 3.65. The number of rotatable bonds is 3. The molecule has 1 rings (SSSR count). The Morgan fingerprint density at radius 2 is 2.14 bits per heavy atom. The number of alkyl halides is 2. The first-order chi connectivity index (χ1) is 6.50. The van der Waals surface area contributed by atoms with E-state index in [0.29, 0.717) is 6.42 Å². The zero-order chi connectivity index (χ0) is 10.8. The van der Waals surface area contributed by atoms with Gasteiger partial charge in [0.2, 0.25) is 0 Å². The molecular weight excluding hydrogens is 186 g/mol. The van der Waals surface area contributed by atoms with Gasteiger partial charge in [-0.1, -0.05) is 19.4 Å². The van der Waals surface area contributed by atoms with E-state index in [2.05, 4.69) is 6.58 Å². The van der Waals surface area contributed by atoms with Crippen molar-refractivity contribution in [3.63, 3.8) is 0 Å². The number of allylic oxidation sites excluding steroid dienone is 1. The van der Waals surface area contributed by atoms with Gasteiger partial charge >= 0.3 is 0 Å². The van der Waals surface area contributed by atoms with E-state index in [1.54, 1.807) is 6.08 Å². The molecule has 0 heterocycles. The summed E-state index contributed by atoms with van der Waals surface area (Å²) in [5.74, 6) is -2.80. The summed E-state index contributed by atoms with van der Waals surface area (Å²) in [6.07, 6.45) is 1.67. The Bertz CT molecular complexity index is 203. The second-order valence-corrected chi connectivity index (χ2v) is 4.19. The third-order valence-corrected chi connectivity index (χ3v) is 3.11. The lowest BCUT2D eigenvalue weighted by atomic mass is 9.73. The highest BCUT2D eigenvalue weighted by molar-refractivity contribution is 4.92. The average molecular weight is 204 g/mol. The fourth-order valence-electron chi connectivity index (χ4n) is 2.47. The Labute approximate surface area is 83.8 Å². The van der Waals surface area contributed by atoms with Crippen LogP contribution < -0.4 is 0 Å². The summed E-state index contributed by atoms with van der Waals surface area (Å²) in [6, 6.07) is 0. The van der Waals surface area contributed by atoms with Crippen LogP contribution >= 0.6 is 0 Å². The van der Waals surface area contributed by atoms with E-state index in [-0.39, 0.29) is 24.7 Å². The molecular formula is C11H18F2O. The summed E-state index contributed by atoms with van der Waals surface area (Å²) in [5, 5.41) is 9.59. The Balaban J connectivity index is 2.71. The molecule has 0 aromatic heterocycles. The molecule has 0 aromatic carbocycles. The molecule has 1 unspecified atom stereocenters. The molecule has 1 saturated carbocycles. The Hall–Kier alpha value is -0.440. The van der Waals surface area contributed by atoms with Crippen LogP contribution in [0.1, 0.15) is 32.6 Å². The molecule has 0 radical (unpaired) electrons. The molecule has 0 aliphatic heterocycles. The summed E-state index contributed by atoms with van der Waals surface area (Å²) < 4.78 is 26.3. The highest BCUT2D eigenvalue weighted by Crippen LogP contribution is 2.43. The highest BCUT2D eigenvalue weighted by atomic mass is 19.3. The second kappa shape index (κ2) is 4.39. The van der Waals surface area contributed by atoms with E-state index in [1.807, 2.05) is 6.92 Å². The van der Waals surface area contributed by atoms with Gasteiger partial charge in [-0.05, 0) is 18.3 Å². The maximum absolute atomic E-state index is 13.1. The minimum absolute atomic E-state index is 0.00706. The van der Waals surface area contributed by atoms with Crippen molar-refractivity contribution >= 4 is 0 Å². The minimum Gasteiger partial charge on any atom is -0.393 e. The van der Waals surface area contributed by atoms with Gasteiger partial charge in [-0.15, -0.1) is 6.58 Å². The van der Waals surface area contributed by atoms with Gasteiger partial charge in [0.1, 0.15) is 0 Å². The molecule has 0 bridgehead atoms. The van der Waals surface area contributed by atoms with Crippen LogP contribution in [0.25, 0.3) is 0 Å². The van der Waals surface area contributed by atoms with Crippen LogP contribution in [0.3, 0.4) is 0 Å². The molecule has 3 heteroatoms. The second-order valence-electron chi connectivity index (χ2n) is 4.19. The maximum Gasteiger partial charge on any atom is 0.250 e. The molecule has 1 N–H and O–H groups in total. The Morgan fingerprint density at radius 1 is 1.50 bits per heavy atom. The van der Waals surface area contributed by atoms with Gasteiger partial charge < -0.3 is 5.11 Å². The van der Waals surface area contributed by atoms with Gasteiger partial charge in [0.05, 0.1) is 6.10 Å². The lowest BCUT2D eigenvalue weighted by Crippen LogP contribution is -2.41. The zero-order valence-corrected chi connectivity index (χ0v) is 8.55. The summed E-state index contributed by atoms with van der Waals surface area (Å²) in [6.45, 7) is 5.51. The van der Waals surface area contributed by atoms with Gasteiger partial charge in [0, 0.05) is 12.8 Å². The maximum atomic E-state index is 13.1. The summed E-state index contributed by atoms with van der Waals surface area (Å²) in [5.41, 5.74) is 0. The number of halogens is 2. The van der Waals surface area contributed by atoms with Crippen molar-refractivity contribution in [2.24, 2.45) is 11.8 Å². The van der Waals surface area contributed by atoms with Crippen LogP contribution in [-0.4, -0.2) is 17.1 Å². The van der Waals surface area contributed by atoms with Gasteiger partial charge in [-0.25, -0.2) is 8.78 Å². The minimum atomic E-state index is -2.70. The predicted octanol–water partition coefficient (Wildman–Crippen LogP) is 2.99. The molecule has 14 heavy (non-hydrogen) atoms. The molecule has 1 aliphatic carbocycles. The molecule has 0 saturated heterocycles. The summed E-state index contributed by atoms with van der Waals surface area (Å²) >= 11 is 0. The molecule has 82 valence electrons. The predicted molar refractivity (Wildman–Crippen MR) is 52.3 cm³/mol. The van der Waals surface area contributed by atoms with E-state index in [1.165, 1.54) is 0 Å². The molecule has 0 aromatic rings. The van der Waals surface area contributed by atoms with Crippen molar-refractivity contribution in [1.82, 2.24) is 0 Å². The fourth-order valence-corrected chi connectivity index (χ4v) is 2.47. The quantitative estimate of drug-likeness (QED) is 0.701. The van der Waals surface area contributed by atoms with Crippen molar-refractivity contribution in [2.45, 2.75) is 44.6 Å². The van der Waals surface area contributed by atoms with Crippen LogP contribution in [0, 0.1) is 11.8 Å². The Morgan fingerprint density at radius 3 is 2.64 bits per heavy atom. The normalized spacial score (nSPS) is 36.7. The average Bonchev–Trinajstić information content (AvgIpc) is 2.02. The van der Waals surface area contributed by atoms with E-state index in [0.717, 1.165) is 6.42 Å². The largest absolute Gasteiger partial charge is 0.393 e. The van der Waals surface area contributed by atoms with E-state index in [9.17, 15) is 13.9 Å². The van der Waals surface area contributed by atoms with E-state index in [4.69, 9.17) is 0 Å². The first-order valence-electron chi connectivity index (χ1n) is 5.17. The number of hydrogen-bond acceptors (Lipinski definition) is 1. The fraction of sp³-hybridized carbons (Fsp3) is 0.818. The van der Waals surface area contributed by atoms with Gasteiger partial charge in [-0.3, -0.25) is 0 Å². The highest BCUT2D eigenvalue weighted by Gasteiger charge is 2.45. The van der Waals surface area contributed by atoms with Crippen molar-refractivity contribution < 1.29 is 13.9 Å². The number of aliphatic hydroxyl groups is 1. The standard InChI is InChI=1S/C11H18F2O/c1-3-5-8-6-11(12,13)7-10(14)9(8)4-2/h3,8-10,14H,1,4-7H2,2H3/t8?,9-,10-/m0/s1. The molecule has 1 nitrogen and oxygen atoms in total. The van der Waals surface area contributed by atoms with Crippen LogP contribution in [0.2, 0.25) is 0 Å². The SMILES string of the molecule is C=CCC1CC(F)(F)C[C@H](O)[C@H]1CC. The molecule has 0 amide bonds. The summed E-state index contributed by atoms with van der Waals surface area (Å²) in [7, 11) is 0. The number of hydrogen-bond donors (Lipinski definition) is 1. The van der Waals surface area contributed by atoms with Crippen molar-refractivity contribution in [1.29, 1.82) is 0 Å². The van der Waals surface area contributed by atoms with Crippen LogP contribution in [0.5, 0.6) is 0 Å². The lowest BCUT2D eigenvalue weighted by molar-refractivity contribution is -0.121. The smallest absolute Gasteiger partial charge is 0.250 e. The molecule has 1 fully saturated rings. The van der Waals surface area contributed by atoms with E-state index >= 15 is 0 Å². The van der Waals surface area contributed by atoms with Crippen LogP contribution in [-0.2, 0) is 0 Å². The molecule has 1 aliphatic rings. The van der Waals surface area contributed by atoms with Crippen molar-refractivity contribution in [3.05, 3.63) is 12.7 Å². The van der Waals surface area contributed by atoms with Crippen LogP contribution in [0.4, 0.5) is 8.78 Å². The van der Waals surface area contributed by atoms with Crippen molar-refractivity contribution in [3.8, 4) is 0 Å². The third kappa shape index (κ3) is 2.53. The lowest BCUT2D eigenvalue weighted by Gasteiger charge is -2.38. The van der Waals surface area contributed by atoms with E-state index < -0.39 is 12.0 Å². The molecule has 3 atom stereocenters. The third-order valence-electron chi connectivity index (χ3n) is 3.11. The molecule has 0 spiro atoms. The topological polar surface area (TPSA) is 20.2 Å². The first kappa shape index (κ1) is 11.6. The number of aliphatic hydroxyl groups excluding tert-OH is 1. The monoisotopic (exact) mass is 204 g/mol. The van der Waals surface area contributed by atoms with Crippen LogP contribution in [0.15, 0.2) is 12.7 Å². The van der Waals surface area contributed by atoms with Gasteiger partial charge in [-0.2, -0.15) is 0 Å². The first-order valence-corrected chi connectivity index (χ1v) is 5.17. The summed E-state index contributed by atoms with van der Waals surface area (Å²) in [4.78, 5) is 0. The zero-order valence-electron chi connectivity index (χ0n) is 8.55.